The van der Waals surface area contributed by atoms with Gasteiger partial charge in [0.05, 0.1) is 0 Å². The molecule has 0 aliphatic rings. The van der Waals surface area contributed by atoms with Gasteiger partial charge in [0.15, 0.2) is 5.16 Å². The highest BCUT2D eigenvalue weighted by molar-refractivity contribution is 7.99. The summed E-state index contributed by atoms with van der Waals surface area (Å²) in [6.07, 6.45) is 0. The number of nitrogens with zero attached hydrogens (tertiary/aromatic N) is 2. The van der Waals surface area contributed by atoms with Crippen LogP contribution in [0.4, 0.5) is 0 Å². The van der Waals surface area contributed by atoms with E-state index in [4.69, 9.17) is 11.1 Å². The van der Waals surface area contributed by atoms with Gasteiger partial charge >= 0.3 is 0 Å². The molecule has 0 unspecified atom stereocenters. The van der Waals surface area contributed by atoms with Crippen molar-refractivity contribution < 1.29 is 0 Å². The number of amidine groups is 1. The molecule has 2 aromatic rings. The highest BCUT2D eigenvalue weighted by atomic mass is 32.2. The summed E-state index contributed by atoms with van der Waals surface area (Å²) in [5.74, 6) is 0.0664. The molecular formula is C15H18N4S. The quantitative estimate of drug-likeness (QED) is 0.516. The lowest BCUT2D eigenvalue weighted by Crippen LogP contribution is -2.12. The molecule has 0 radical (unpaired) electrons. The normalized spacial score (nSPS) is 10.6. The van der Waals surface area contributed by atoms with Crippen molar-refractivity contribution in [3.05, 3.63) is 46.3 Å². The Labute approximate surface area is 123 Å². The van der Waals surface area contributed by atoms with E-state index in [0.29, 0.717) is 5.16 Å². The maximum atomic E-state index is 7.68. The highest BCUT2D eigenvalue weighted by Gasteiger charge is 2.11. The highest BCUT2D eigenvalue weighted by Crippen LogP contribution is 2.29. The fourth-order valence-electron chi connectivity index (χ4n) is 1.83. The minimum absolute atomic E-state index is 0.0664. The van der Waals surface area contributed by atoms with Crippen LogP contribution in [-0.4, -0.2) is 15.8 Å². The Morgan fingerprint density at radius 1 is 1.10 bits per heavy atom. The molecule has 4 nitrogen and oxygen atoms in total. The largest absolute Gasteiger partial charge is 0.384 e. The number of benzene rings is 1. The molecule has 5 heteroatoms. The number of nitrogens with one attached hydrogen (secondary N) is 1. The van der Waals surface area contributed by atoms with E-state index in [0.717, 1.165) is 33.0 Å². The van der Waals surface area contributed by atoms with Gasteiger partial charge in [0.25, 0.3) is 0 Å². The van der Waals surface area contributed by atoms with Gasteiger partial charge in [-0.05, 0) is 57.2 Å². The minimum Gasteiger partial charge on any atom is -0.384 e. The zero-order chi connectivity index (χ0) is 14.9. The first-order chi connectivity index (χ1) is 9.38. The number of hydrogen-bond donors (Lipinski definition) is 2. The molecule has 20 heavy (non-hydrogen) atoms. The van der Waals surface area contributed by atoms with Crippen LogP contribution in [0.1, 0.15) is 28.1 Å². The Hall–Kier alpha value is -1.88. The van der Waals surface area contributed by atoms with Crippen LogP contribution in [0.3, 0.4) is 0 Å². The van der Waals surface area contributed by atoms with Gasteiger partial charge < -0.3 is 5.73 Å². The Bertz CT molecular complexity index is 657. The van der Waals surface area contributed by atoms with E-state index < -0.39 is 0 Å². The summed E-state index contributed by atoms with van der Waals surface area (Å²) in [7, 11) is 0. The molecule has 0 atom stereocenters. The lowest BCUT2D eigenvalue weighted by molar-refractivity contribution is 0.881. The summed E-state index contributed by atoms with van der Waals surface area (Å²) >= 11 is 1.45. The number of aromatic nitrogens is 2. The maximum Gasteiger partial charge on any atom is 0.192 e. The van der Waals surface area contributed by atoms with Crippen LogP contribution in [0.2, 0.25) is 0 Å². The first-order valence-electron chi connectivity index (χ1n) is 6.33. The second-order valence-electron chi connectivity index (χ2n) is 4.82. The third-order valence-corrected chi connectivity index (χ3v) is 4.18. The van der Waals surface area contributed by atoms with Crippen LogP contribution >= 0.6 is 11.8 Å². The maximum absolute atomic E-state index is 7.68. The number of nitrogen functional groups attached to an aromatic ring is 1. The second kappa shape index (κ2) is 5.63. The topological polar surface area (TPSA) is 75.7 Å². The van der Waals surface area contributed by atoms with Gasteiger partial charge in [0.1, 0.15) is 5.84 Å². The molecule has 0 spiro atoms. The van der Waals surface area contributed by atoms with Gasteiger partial charge in [-0.3, -0.25) is 5.41 Å². The van der Waals surface area contributed by atoms with Crippen molar-refractivity contribution in [2.75, 3.05) is 0 Å². The summed E-state index contributed by atoms with van der Waals surface area (Å²) in [6.45, 7) is 7.97. The standard InChI is InChI=1S/C15H18N4S/c1-8-5-6-13(12(7-8)14(16)17)20-15-18-10(3)9(2)11(4)19-15/h5-7H,1-4H3,(H3,16,17). The van der Waals surface area contributed by atoms with Crippen molar-refractivity contribution in [3.63, 3.8) is 0 Å². The molecule has 0 aliphatic heterocycles. The first kappa shape index (κ1) is 14.5. The molecule has 0 saturated carbocycles. The zero-order valence-corrected chi connectivity index (χ0v) is 12.9. The van der Waals surface area contributed by atoms with Crippen molar-refractivity contribution in [1.82, 2.24) is 9.97 Å². The van der Waals surface area contributed by atoms with E-state index in [9.17, 15) is 0 Å². The first-order valence-corrected chi connectivity index (χ1v) is 7.15. The monoisotopic (exact) mass is 286 g/mol. The molecule has 2 rings (SSSR count). The molecule has 3 N–H and O–H groups in total. The van der Waals surface area contributed by atoms with Crippen molar-refractivity contribution in [2.45, 2.75) is 37.7 Å². The van der Waals surface area contributed by atoms with E-state index in [1.165, 1.54) is 11.8 Å². The van der Waals surface area contributed by atoms with Gasteiger partial charge in [-0.2, -0.15) is 0 Å². The molecule has 0 fully saturated rings. The third-order valence-electron chi connectivity index (χ3n) is 3.24. The summed E-state index contributed by atoms with van der Waals surface area (Å²) in [5.41, 5.74) is 10.5. The molecule has 0 saturated heterocycles. The Kier molecular flexibility index (Phi) is 4.09. The van der Waals surface area contributed by atoms with Crippen molar-refractivity contribution in [1.29, 1.82) is 5.41 Å². The number of rotatable bonds is 3. The Morgan fingerprint density at radius 3 is 2.25 bits per heavy atom. The minimum atomic E-state index is 0.0664. The summed E-state index contributed by atoms with van der Waals surface area (Å²) < 4.78 is 0. The average Bonchev–Trinajstić information content (AvgIpc) is 2.37. The SMILES string of the molecule is Cc1ccc(Sc2nc(C)c(C)c(C)n2)c(C(=N)N)c1. The fourth-order valence-corrected chi connectivity index (χ4v) is 2.81. The molecule has 1 heterocycles. The zero-order valence-electron chi connectivity index (χ0n) is 12.1. The number of hydrogen-bond acceptors (Lipinski definition) is 4. The van der Waals surface area contributed by atoms with Crippen LogP contribution in [0, 0.1) is 33.1 Å². The van der Waals surface area contributed by atoms with Crippen molar-refractivity contribution in [2.24, 2.45) is 5.73 Å². The fraction of sp³-hybridized carbons (Fsp3) is 0.267. The predicted molar refractivity (Wildman–Crippen MR) is 82.6 cm³/mol. The van der Waals surface area contributed by atoms with E-state index in [-0.39, 0.29) is 5.84 Å². The molecule has 0 amide bonds. The molecule has 0 bridgehead atoms. The van der Waals surface area contributed by atoms with Crippen LogP contribution in [0.5, 0.6) is 0 Å². The lowest BCUT2D eigenvalue weighted by atomic mass is 10.1. The molecule has 104 valence electrons. The third kappa shape index (κ3) is 2.99. The van der Waals surface area contributed by atoms with E-state index in [1.54, 1.807) is 0 Å². The smallest absolute Gasteiger partial charge is 0.192 e. The predicted octanol–water partition coefficient (Wildman–Crippen LogP) is 3.15. The van der Waals surface area contributed by atoms with Gasteiger partial charge in [-0.1, -0.05) is 11.6 Å². The molecule has 0 aliphatic carbocycles. The second-order valence-corrected chi connectivity index (χ2v) is 5.83. The molecule has 1 aromatic heterocycles. The van der Waals surface area contributed by atoms with Crippen LogP contribution in [0.25, 0.3) is 0 Å². The van der Waals surface area contributed by atoms with E-state index in [1.807, 2.05) is 45.9 Å². The molecular weight excluding hydrogens is 268 g/mol. The molecule has 1 aromatic carbocycles. The average molecular weight is 286 g/mol. The van der Waals surface area contributed by atoms with E-state index in [2.05, 4.69) is 9.97 Å². The van der Waals surface area contributed by atoms with Crippen molar-refractivity contribution >= 4 is 17.6 Å². The van der Waals surface area contributed by atoms with Crippen LogP contribution in [-0.2, 0) is 0 Å². The van der Waals surface area contributed by atoms with Gasteiger partial charge in [-0.25, -0.2) is 9.97 Å². The van der Waals surface area contributed by atoms with Crippen molar-refractivity contribution in [3.8, 4) is 0 Å². The van der Waals surface area contributed by atoms with Gasteiger partial charge in [0, 0.05) is 21.8 Å². The number of nitrogens with two attached hydrogens (primary N) is 1. The van der Waals surface area contributed by atoms with Crippen LogP contribution < -0.4 is 5.73 Å². The number of aryl methyl sites for hydroxylation is 3. The van der Waals surface area contributed by atoms with Gasteiger partial charge in [-0.15, -0.1) is 0 Å². The van der Waals surface area contributed by atoms with E-state index >= 15 is 0 Å². The Balaban J connectivity index is 2.42. The van der Waals surface area contributed by atoms with Crippen LogP contribution in [0.15, 0.2) is 28.3 Å². The Morgan fingerprint density at radius 2 is 1.70 bits per heavy atom. The summed E-state index contributed by atoms with van der Waals surface area (Å²) in [4.78, 5) is 9.89. The van der Waals surface area contributed by atoms with Gasteiger partial charge in [0.2, 0.25) is 0 Å². The lowest BCUT2D eigenvalue weighted by Gasteiger charge is -2.10. The summed E-state index contributed by atoms with van der Waals surface area (Å²) in [5, 5.41) is 8.37. The summed E-state index contributed by atoms with van der Waals surface area (Å²) in [6, 6.07) is 5.88.